The van der Waals surface area contributed by atoms with Crippen LogP contribution < -0.4 is 4.90 Å². The Balaban J connectivity index is 0.000000122. The van der Waals surface area contributed by atoms with Crippen LogP contribution in [0.3, 0.4) is 0 Å². The van der Waals surface area contributed by atoms with Crippen molar-refractivity contribution in [3.05, 3.63) is 331 Å². The Hall–Kier alpha value is -12.1. The van der Waals surface area contributed by atoms with Gasteiger partial charge in [0.15, 0.2) is 34.9 Å². The summed E-state index contributed by atoms with van der Waals surface area (Å²) in [5.74, 6) is 5.80. The van der Waals surface area contributed by atoms with E-state index in [9.17, 15) is 0 Å². The minimum atomic E-state index is 0.606. The summed E-state index contributed by atoms with van der Waals surface area (Å²) in [5, 5.41) is 0. The maximum Gasteiger partial charge on any atom is 0.220 e. The first-order valence-corrected chi connectivity index (χ1v) is 31.5. The quantitative estimate of drug-likeness (QED) is 0.154. The Labute approximate surface area is 545 Å². The van der Waals surface area contributed by atoms with Crippen molar-refractivity contribution < 1.29 is 0 Å². The van der Waals surface area contributed by atoms with Crippen molar-refractivity contribution in [3.63, 3.8) is 0 Å². The number of fused-ring (bicyclic) bond motifs is 14. The molecule has 0 spiro atoms. The van der Waals surface area contributed by atoms with Gasteiger partial charge in [0.05, 0.1) is 39.1 Å². The molecule has 4 aromatic heterocycles. The molecule has 0 fully saturated rings. The number of para-hydroxylation sites is 7. The zero-order valence-corrected chi connectivity index (χ0v) is 51.6. The molecule has 93 heavy (non-hydrogen) atoms. The van der Waals surface area contributed by atoms with Gasteiger partial charge in [0.2, 0.25) is 5.95 Å². The third-order valence-electron chi connectivity index (χ3n) is 16.6. The van der Waals surface area contributed by atoms with Crippen molar-refractivity contribution >= 4 is 55.3 Å². The lowest BCUT2D eigenvalue weighted by Crippen LogP contribution is -2.14. The van der Waals surface area contributed by atoms with Crippen molar-refractivity contribution in [2.24, 2.45) is 0 Å². The summed E-state index contributed by atoms with van der Waals surface area (Å²) in [4.78, 5) is 41.3. The van der Waals surface area contributed by atoms with E-state index in [1.54, 1.807) is 0 Å². The molecule has 16 aromatic rings. The number of rotatable bonds is 7. The van der Waals surface area contributed by atoms with Crippen LogP contribution in [0.1, 0.15) is 11.4 Å². The van der Waals surface area contributed by atoms with Gasteiger partial charge in [0.1, 0.15) is 5.82 Å². The van der Waals surface area contributed by atoms with Gasteiger partial charge < -0.3 is 0 Å². The van der Waals surface area contributed by atoms with Crippen LogP contribution in [0, 0.1) is 0 Å². The molecular weight excluding hydrogens is 1210 g/mol. The minimum absolute atomic E-state index is 0.606. The van der Waals surface area contributed by atoms with Crippen molar-refractivity contribution in [2.45, 2.75) is 6.42 Å². The summed E-state index contributed by atoms with van der Waals surface area (Å²) in [6, 6.07) is 107. The number of anilines is 3. The molecule has 12 aromatic carbocycles. The van der Waals surface area contributed by atoms with Gasteiger partial charge in [-0.05, 0) is 77.9 Å². The zero-order valence-electron chi connectivity index (χ0n) is 50.0. The Bertz CT molecular complexity index is 5290. The standard InChI is InChI=1S/C40H26N6.C21H14BrN3.C20H14N2/c1-3-14-27(15-4-1)37-42-38(28-16-5-2-6-17-28)44-39(43-37)29-18-13-19-30(26-29)45-34-23-10-7-20-31(34)32-21-8-11-24-35(32)46-36-25-12-9-22-33(36)41-40(45)46;22-18-13-7-12-17(14-18)21-24-19(15-8-3-1-4-9-15)23-20(25-21)16-10-5-2-6-11-16;1-2-8-15-14(7-1)13-20-21-17-10-4-6-12-19(17)22(20)18-11-5-3-9-16(15)18/h1-26H;1-14H;1-12H,13H2. The summed E-state index contributed by atoms with van der Waals surface area (Å²) in [7, 11) is 0. The molecule has 6 heterocycles. The van der Waals surface area contributed by atoms with Gasteiger partial charge in [-0.1, -0.05) is 265 Å². The van der Waals surface area contributed by atoms with Gasteiger partial charge in [-0.3, -0.25) is 14.0 Å². The number of hydrogen-bond acceptors (Lipinski definition) is 9. The van der Waals surface area contributed by atoms with Crippen LogP contribution in [-0.4, -0.2) is 49.0 Å². The highest BCUT2D eigenvalue weighted by Gasteiger charge is 2.30. The molecule has 2 aliphatic rings. The number of hydrogen-bond donors (Lipinski definition) is 0. The van der Waals surface area contributed by atoms with E-state index in [2.05, 4.69) is 199 Å². The normalized spacial score (nSPS) is 11.6. The predicted octanol–water partition coefficient (Wildman–Crippen LogP) is 19.9. The van der Waals surface area contributed by atoms with E-state index in [-0.39, 0.29) is 0 Å². The molecule has 0 unspecified atom stereocenters. The van der Waals surface area contributed by atoms with Crippen molar-refractivity contribution in [3.8, 4) is 102 Å². The lowest BCUT2D eigenvalue weighted by atomic mass is 9.98. The zero-order chi connectivity index (χ0) is 62.0. The lowest BCUT2D eigenvalue weighted by Gasteiger charge is -2.25. The van der Waals surface area contributed by atoms with Crippen LogP contribution in [-0.2, 0) is 6.42 Å². The molecule has 12 heteroatoms. The maximum atomic E-state index is 5.23. The second kappa shape index (κ2) is 24.7. The Morgan fingerprint density at radius 3 is 1.16 bits per heavy atom. The van der Waals surface area contributed by atoms with Gasteiger partial charge in [0.25, 0.3) is 0 Å². The van der Waals surface area contributed by atoms with E-state index in [0.717, 1.165) is 101 Å². The number of benzene rings is 12. The maximum absolute atomic E-state index is 5.23. The highest BCUT2D eigenvalue weighted by Crippen LogP contribution is 2.48. The topological polar surface area (TPSA) is 116 Å². The first-order chi connectivity index (χ1) is 46.0. The van der Waals surface area contributed by atoms with E-state index < -0.39 is 0 Å². The molecule has 0 amide bonds. The fourth-order valence-electron chi connectivity index (χ4n) is 12.3. The molecular formula is C81H54BrN11. The minimum Gasteiger partial charge on any atom is -0.295 e. The molecule has 0 atom stereocenters. The predicted molar refractivity (Wildman–Crippen MR) is 378 cm³/mol. The SMILES string of the molecule is Brc1cccc(-c2nc(-c3ccccc3)nc(-c3ccccc3)n2)c1.c1ccc(-c2nc(-c3ccccc3)nc(-c3cccc(N4c5ccccc5-c5ccccc5-n5c4nc4ccccc45)c3)n2)cc1.c1ccc2c(c1)Cc1nc3ccccc3n1-c1ccccc1-2. The molecule has 0 N–H and O–H groups in total. The van der Waals surface area contributed by atoms with Crippen molar-refractivity contribution in [2.75, 3.05) is 4.90 Å². The molecule has 2 aliphatic heterocycles. The molecule has 18 rings (SSSR count). The molecule has 0 bridgehead atoms. The van der Waals surface area contributed by atoms with Crippen LogP contribution in [0.2, 0.25) is 0 Å². The van der Waals surface area contributed by atoms with Gasteiger partial charge >= 0.3 is 0 Å². The first-order valence-electron chi connectivity index (χ1n) is 30.7. The van der Waals surface area contributed by atoms with Gasteiger partial charge in [-0.15, -0.1) is 0 Å². The van der Waals surface area contributed by atoms with Gasteiger partial charge in [-0.2, -0.15) is 0 Å². The molecule has 0 saturated heterocycles. The second-order valence-corrected chi connectivity index (χ2v) is 23.4. The van der Waals surface area contributed by atoms with Crippen molar-refractivity contribution in [1.82, 2.24) is 49.0 Å². The summed E-state index contributed by atoms with van der Waals surface area (Å²) in [6.07, 6.45) is 0.861. The van der Waals surface area contributed by atoms with Crippen LogP contribution in [0.25, 0.3) is 124 Å². The summed E-state index contributed by atoms with van der Waals surface area (Å²) < 4.78 is 5.57. The smallest absolute Gasteiger partial charge is 0.220 e. The molecule has 0 saturated carbocycles. The molecule has 11 nitrogen and oxygen atoms in total. The van der Waals surface area contributed by atoms with E-state index in [0.29, 0.717) is 34.9 Å². The monoisotopic (exact) mass is 1260 g/mol. The van der Waals surface area contributed by atoms with Crippen LogP contribution >= 0.6 is 15.9 Å². The second-order valence-electron chi connectivity index (χ2n) is 22.4. The third-order valence-corrected chi connectivity index (χ3v) is 17.1. The van der Waals surface area contributed by atoms with E-state index in [4.69, 9.17) is 34.9 Å². The Morgan fingerprint density at radius 1 is 0.269 bits per heavy atom. The first kappa shape index (κ1) is 56.1. The van der Waals surface area contributed by atoms with Crippen LogP contribution in [0.5, 0.6) is 0 Å². The average molecular weight is 1260 g/mol. The Kier molecular flexibility index (Phi) is 14.9. The van der Waals surface area contributed by atoms with E-state index >= 15 is 0 Å². The van der Waals surface area contributed by atoms with Crippen LogP contribution in [0.15, 0.2) is 320 Å². The highest BCUT2D eigenvalue weighted by molar-refractivity contribution is 9.10. The van der Waals surface area contributed by atoms with Gasteiger partial charge in [0, 0.05) is 66.7 Å². The fraction of sp³-hybridized carbons (Fsp3) is 0.0123. The Morgan fingerprint density at radius 2 is 0.634 bits per heavy atom. The third kappa shape index (κ3) is 11.0. The van der Waals surface area contributed by atoms with Gasteiger partial charge in [-0.25, -0.2) is 39.9 Å². The van der Waals surface area contributed by atoms with E-state index in [1.807, 2.05) is 152 Å². The number of aromatic nitrogens is 10. The van der Waals surface area contributed by atoms with Crippen molar-refractivity contribution in [1.29, 1.82) is 0 Å². The molecule has 0 aliphatic carbocycles. The molecule has 0 radical (unpaired) electrons. The summed E-state index contributed by atoms with van der Waals surface area (Å²) in [5.41, 5.74) is 20.4. The largest absolute Gasteiger partial charge is 0.295 e. The number of nitrogens with zero attached hydrogens (tertiary/aromatic N) is 11. The summed E-state index contributed by atoms with van der Waals surface area (Å²) >= 11 is 3.52. The van der Waals surface area contributed by atoms with E-state index in [1.165, 1.54) is 27.9 Å². The summed E-state index contributed by atoms with van der Waals surface area (Å²) in [6.45, 7) is 0. The lowest BCUT2D eigenvalue weighted by molar-refractivity contribution is 0.947. The average Bonchev–Trinajstić information content (AvgIpc) is 1.59. The van der Waals surface area contributed by atoms with Crippen LogP contribution in [0.4, 0.5) is 17.3 Å². The molecule has 440 valence electrons. The fourth-order valence-corrected chi connectivity index (χ4v) is 12.7. The number of halogens is 1. The highest BCUT2D eigenvalue weighted by atomic mass is 79.9. The number of imidazole rings is 2.